The number of nitrogens with two attached hydrogens (primary N) is 1. The third-order valence-corrected chi connectivity index (χ3v) is 3.70. The van der Waals surface area contributed by atoms with E-state index in [2.05, 4.69) is 17.1 Å². The minimum Gasteiger partial charge on any atom is -0.399 e. The maximum atomic E-state index is 5.78. The molecule has 2 rings (SSSR count). The van der Waals surface area contributed by atoms with E-state index in [4.69, 9.17) is 10.3 Å². The van der Waals surface area contributed by atoms with Crippen LogP contribution >= 0.6 is 11.8 Å². The Hall–Kier alpha value is -1.49. The molecular formula is C13H17N3OS. The Morgan fingerprint density at radius 3 is 3.00 bits per heavy atom. The highest BCUT2D eigenvalue weighted by atomic mass is 32.2. The van der Waals surface area contributed by atoms with E-state index in [-0.39, 0.29) is 0 Å². The van der Waals surface area contributed by atoms with Crippen molar-refractivity contribution < 1.29 is 4.52 Å². The Morgan fingerprint density at radius 2 is 2.22 bits per heavy atom. The number of nitrogens with zero attached hydrogens (tertiary/aromatic N) is 2. The Balaban J connectivity index is 2.16. The van der Waals surface area contributed by atoms with Gasteiger partial charge in [-0.3, -0.25) is 0 Å². The van der Waals surface area contributed by atoms with Gasteiger partial charge in [0, 0.05) is 11.3 Å². The minimum atomic E-state index is 0.548. The van der Waals surface area contributed by atoms with Gasteiger partial charge in [0.25, 0.3) is 5.89 Å². The van der Waals surface area contributed by atoms with Crippen LogP contribution in [0.25, 0.3) is 11.5 Å². The third-order valence-electron chi connectivity index (χ3n) is 2.54. The van der Waals surface area contributed by atoms with Gasteiger partial charge >= 0.3 is 0 Å². The highest BCUT2D eigenvalue weighted by molar-refractivity contribution is 7.98. The van der Waals surface area contributed by atoms with Crippen LogP contribution in [0.2, 0.25) is 0 Å². The quantitative estimate of drug-likeness (QED) is 0.662. The van der Waals surface area contributed by atoms with E-state index in [0.717, 1.165) is 34.9 Å². The Bertz CT molecular complexity index is 525. The van der Waals surface area contributed by atoms with Gasteiger partial charge in [-0.15, -0.1) is 0 Å². The first-order chi connectivity index (χ1) is 8.70. The van der Waals surface area contributed by atoms with E-state index in [1.165, 1.54) is 0 Å². The van der Waals surface area contributed by atoms with Crippen molar-refractivity contribution in [1.29, 1.82) is 0 Å². The highest BCUT2D eigenvalue weighted by Gasteiger charge is 2.11. The highest BCUT2D eigenvalue weighted by Crippen LogP contribution is 2.24. The fourth-order valence-electron chi connectivity index (χ4n) is 1.60. The largest absolute Gasteiger partial charge is 0.399 e. The first-order valence-corrected chi connectivity index (χ1v) is 7.13. The summed E-state index contributed by atoms with van der Waals surface area (Å²) < 4.78 is 5.29. The maximum absolute atomic E-state index is 5.78. The van der Waals surface area contributed by atoms with E-state index >= 15 is 0 Å². The van der Waals surface area contributed by atoms with Crippen molar-refractivity contribution in [2.75, 3.05) is 11.5 Å². The molecular weight excluding hydrogens is 246 g/mol. The molecule has 18 heavy (non-hydrogen) atoms. The SMILES string of the molecule is CCCSCc1noc(-c2cc(N)ccc2C)n1. The van der Waals surface area contributed by atoms with Gasteiger partial charge in [0.1, 0.15) is 0 Å². The average molecular weight is 263 g/mol. The second-order valence-electron chi connectivity index (χ2n) is 4.14. The lowest BCUT2D eigenvalue weighted by molar-refractivity contribution is 0.425. The van der Waals surface area contributed by atoms with Gasteiger partial charge in [0.2, 0.25) is 0 Å². The average Bonchev–Trinajstić information content (AvgIpc) is 2.81. The van der Waals surface area contributed by atoms with Crippen molar-refractivity contribution in [1.82, 2.24) is 10.1 Å². The number of hydrogen-bond donors (Lipinski definition) is 1. The monoisotopic (exact) mass is 263 g/mol. The van der Waals surface area contributed by atoms with Crippen LogP contribution in [0, 0.1) is 6.92 Å². The molecule has 1 heterocycles. The summed E-state index contributed by atoms with van der Waals surface area (Å²) in [5, 5.41) is 3.99. The maximum Gasteiger partial charge on any atom is 0.258 e. The number of nitrogen functional groups attached to an aromatic ring is 1. The summed E-state index contributed by atoms with van der Waals surface area (Å²) in [5.41, 5.74) is 8.48. The first kappa shape index (κ1) is 13.0. The van der Waals surface area contributed by atoms with Crippen LogP contribution in [0.4, 0.5) is 5.69 Å². The minimum absolute atomic E-state index is 0.548. The van der Waals surface area contributed by atoms with E-state index in [1.807, 2.05) is 36.9 Å². The van der Waals surface area contributed by atoms with Crippen LogP contribution in [-0.2, 0) is 5.75 Å². The fourth-order valence-corrected chi connectivity index (χ4v) is 2.33. The molecule has 1 aromatic heterocycles. The van der Waals surface area contributed by atoms with E-state index in [9.17, 15) is 0 Å². The molecule has 1 aromatic carbocycles. The fraction of sp³-hybridized carbons (Fsp3) is 0.385. The molecule has 4 nitrogen and oxygen atoms in total. The van der Waals surface area contributed by atoms with Gasteiger partial charge in [-0.25, -0.2) is 0 Å². The number of hydrogen-bond acceptors (Lipinski definition) is 5. The zero-order chi connectivity index (χ0) is 13.0. The summed E-state index contributed by atoms with van der Waals surface area (Å²) in [6, 6.07) is 5.69. The number of benzene rings is 1. The molecule has 0 aliphatic carbocycles. The smallest absolute Gasteiger partial charge is 0.258 e. The molecule has 2 aromatic rings. The van der Waals surface area contributed by atoms with Crippen LogP contribution in [-0.4, -0.2) is 15.9 Å². The van der Waals surface area contributed by atoms with Crippen molar-refractivity contribution in [2.24, 2.45) is 0 Å². The number of rotatable bonds is 5. The molecule has 0 spiro atoms. The summed E-state index contributed by atoms with van der Waals surface area (Å²) in [4.78, 5) is 4.40. The van der Waals surface area contributed by atoms with Gasteiger partial charge in [-0.1, -0.05) is 18.1 Å². The Labute approximate surface area is 111 Å². The molecule has 5 heteroatoms. The predicted octanol–water partition coefficient (Wildman–Crippen LogP) is 3.27. The molecule has 2 N–H and O–H groups in total. The second kappa shape index (κ2) is 5.91. The van der Waals surface area contributed by atoms with E-state index in [0.29, 0.717) is 11.6 Å². The van der Waals surface area contributed by atoms with Crippen LogP contribution in [0.3, 0.4) is 0 Å². The van der Waals surface area contributed by atoms with Crippen LogP contribution in [0.5, 0.6) is 0 Å². The number of aromatic nitrogens is 2. The summed E-state index contributed by atoms with van der Waals surface area (Å²) >= 11 is 1.81. The Kier molecular flexibility index (Phi) is 4.25. The van der Waals surface area contributed by atoms with Gasteiger partial charge in [-0.05, 0) is 36.8 Å². The molecule has 0 aliphatic heterocycles. The first-order valence-electron chi connectivity index (χ1n) is 5.97. The lowest BCUT2D eigenvalue weighted by Gasteiger charge is -2.01. The van der Waals surface area contributed by atoms with Crippen molar-refractivity contribution in [2.45, 2.75) is 26.0 Å². The van der Waals surface area contributed by atoms with Crippen LogP contribution in [0.1, 0.15) is 24.7 Å². The van der Waals surface area contributed by atoms with Crippen molar-refractivity contribution >= 4 is 17.4 Å². The molecule has 0 radical (unpaired) electrons. The topological polar surface area (TPSA) is 64.9 Å². The standard InChI is InChI=1S/C13H17N3OS/c1-3-6-18-8-12-15-13(17-16-12)11-7-10(14)5-4-9(11)2/h4-5,7H,3,6,8,14H2,1-2H3. The van der Waals surface area contributed by atoms with Crippen LogP contribution in [0.15, 0.2) is 22.7 Å². The normalized spacial score (nSPS) is 10.8. The molecule has 0 aliphatic rings. The second-order valence-corrected chi connectivity index (χ2v) is 5.25. The molecule has 0 bridgehead atoms. The molecule has 0 fully saturated rings. The lowest BCUT2D eigenvalue weighted by Crippen LogP contribution is -1.90. The summed E-state index contributed by atoms with van der Waals surface area (Å²) in [5.74, 6) is 3.19. The van der Waals surface area contributed by atoms with E-state index < -0.39 is 0 Å². The predicted molar refractivity (Wildman–Crippen MR) is 75.3 cm³/mol. The summed E-state index contributed by atoms with van der Waals surface area (Å²) in [7, 11) is 0. The number of thioether (sulfide) groups is 1. The third kappa shape index (κ3) is 3.04. The molecule has 96 valence electrons. The number of anilines is 1. The van der Waals surface area contributed by atoms with Crippen molar-refractivity contribution in [3.05, 3.63) is 29.6 Å². The zero-order valence-electron chi connectivity index (χ0n) is 10.6. The van der Waals surface area contributed by atoms with Crippen LogP contribution < -0.4 is 5.73 Å². The zero-order valence-corrected chi connectivity index (χ0v) is 11.5. The Morgan fingerprint density at radius 1 is 1.39 bits per heavy atom. The lowest BCUT2D eigenvalue weighted by atomic mass is 10.1. The molecule has 0 unspecified atom stereocenters. The molecule has 0 atom stereocenters. The summed E-state index contributed by atoms with van der Waals surface area (Å²) in [6.07, 6.45) is 1.16. The van der Waals surface area contributed by atoms with Gasteiger partial charge in [0.05, 0.1) is 5.75 Å². The van der Waals surface area contributed by atoms with Gasteiger partial charge in [0.15, 0.2) is 5.82 Å². The van der Waals surface area contributed by atoms with Gasteiger partial charge < -0.3 is 10.3 Å². The number of aryl methyl sites for hydroxylation is 1. The van der Waals surface area contributed by atoms with Crippen molar-refractivity contribution in [3.63, 3.8) is 0 Å². The molecule has 0 saturated carbocycles. The summed E-state index contributed by atoms with van der Waals surface area (Å²) in [6.45, 7) is 4.16. The van der Waals surface area contributed by atoms with E-state index in [1.54, 1.807) is 0 Å². The molecule has 0 saturated heterocycles. The van der Waals surface area contributed by atoms with Gasteiger partial charge in [-0.2, -0.15) is 16.7 Å². The van der Waals surface area contributed by atoms with Crippen molar-refractivity contribution in [3.8, 4) is 11.5 Å². The molecule has 0 amide bonds.